The van der Waals surface area contributed by atoms with Crippen LogP contribution >= 0.6 is 0 Å². The molecule has 0 aliphatic heterocycles. The Morgan fingerprint density at radius 3 is 1.80 bits per heavy atom. The molecule has 108 valence electrons. The van der Waals surface area contributed by atoms with Gasteiger partial charge in [-0.25, -0.2) is 9.59 Å². The van der Waals surface area contributed by atoms with E-state index in [2.05, 4.69) is 0 Å². The molecule has 0 radical (unpaired) electrons. The minimum atomic E-state index is -1.81. The van der Waals surface area contributed by atoms with E-state index in [4.69, 9.17) is 19.3 Å². The Bertz CT molecular complexity index is 575. The summed E-state index contributed by atoms with van der Waals surface area (Å²) < 4.78 is 14.7. The lowest BCUT2D eigenvalue weighted by atomic mass is 10.00. The molecule has 20 heavy (non-hydrogen) atoms. The number of Topliss-reactive ketones (excluding diaryl/α,β-unsaturated/α-hetero) is 1. The molecule has 1 aromatic carbocycles. The SMILES string of the molecule is COc1cc(OC)c(C(=O)C(=O)O)c(C(=O)O)c1OC. The zero-order chi connectivity index (χ0) is 15.4. The summed E-state index contributed by atoms with van der Waals surface area (Å²) >= 11 is 0. The quantitative estimate of drug-likeness (QED) is 0.578. The first kappa shape index (κ1) is 15.3. The monoisotopic (exact) mass is 284 g/mol. The molecule has 0 saturated heterocycles. The maximum Gasteiger partial charge on any atom is 0.377 e. The maximum atomic E-state index is 11.7. The number of aromatic carboxylic acids is 1. The standard InChI is InChI=1S/C12H12O8/c1-18-5-4-6(19-2)10(20-3)8(11(14)15)7(5)9(13)12(16)17/h4H,1-3H3,(H,14,15)(H,16,17). The number of carboxylic acids is 2. The first-order chi connectivity index (χ1) is 9.38. The van der Waals surface area contributed by atoms with Gasteiger partial charge >= 0.3 is 11.9 Å². The molecule has 0 aliphatic carbocycles. The van der Waals surface area contributed by atoms with Crippen LogP contribution in [-0.2, 0) is 4.79 Å². The number of rotatable bonds is 6. The average molecular weight is 284 g/mol. The number of hydrogen-bond acceptors (Lipinski definition) is 6. The topological polar surface area (TPSA) is 119 Å². The van der Waals surface area contributed by atoms with Crippen molar-refractivity contribution in [3.63, 3.8) is 0 Å². The molecule has 8 heteroatoms. The van der Waals surface area contributed by atoms with E-state index in [9.17, 15) is 19.5 Å². The first-order valence-electron chi connectivity index (χ1n) is 5.22. The van der Waals surface area contributed by atoms with Gasteiger partial charge in [0.2, 0.25) is 0 Å². The summed E-state index contributed by atoms with van der Waals surface area (Å²) in [5.41, 5.74) is -1.23. The molecule has 0 aliphatic rings. The van der Waals surface area contributed by atoms with Gasteiger partial charge in [-0.15, -0.1) is 0 Å². The highest BCUT2D eigenvalue weighted by Gasteiger charge is 2.32. The molecular formula is C12H12O8. The lowest BCUT2D eigenvalue weighted by Gasteiger charge is -2.16. The third kappa shape index (κ3) is 2.48. The predicted octanol–water partition coefficient (Wildman–Crippen LogP) is 0.678. The Hall–Kier alpha value is -2.77. The van der Waals surface area contributed by atoms with Crippen molar-refractivity contribution in [1.29, 1.82) is 0 Å². The fraction of sp³-hybridized carbons (Fsp3) is 0.250. The van der Waals surface area contributed by atoms with Crippen LogP contribution in [0.5, 0.6) is 17.2 Å². The van der Waals surface area contributed by atoms with Gasteiger partial charge in [-0.3, -0.25) is 4.79 Å². The number of carbonyl (C=O) groups excluding carboxylic acids is 1. The van der Waals surface area contributed by atoms with Gasteiger partial charge in [0, 0.05) is 6.07 Å². The molecule has 8 nitrogen and oxygen atoms in total. The molecule has 0 heterocycles. The zero-order valence-corrected chi connectivity index (χ0v) is 10.9. The normalized spacial score (nSPS) is 9.75. The van der Waals surface area contributed by atoms with Crippen molar-refractivity contribution in [2.45, 2.75) is 0 Å². The van der Waals surface area contributed by atoms with Crippen molar-refractivity contribution >= 4 is 17.7 Å². The van der Waals surface area contributed by atoms with Gasteiger partial charge in [0.25, 0.3) is 5.78 Å². The Balaban J connectivity index is 3.82. The molecule has 0 amide bonds. The van der Waals surface area contributed by atoms with Gasteiger partial charge in [-0.05, 0) is 0 Å². The molecule has 1 aromatic rings. The summed E-state index contributed by atoms with van der Waals surface area (Å²) in [7, 11) is 3.61. The number of ketones is 1. The van der Waals surface area contributed by atoms with Crippen molar-refractivity contribution in [3.05, 3.63) is 17.2 Å². The zero-order valence-electron chi connectivity index (χ0n) is 10.9. The third-order valence-corrected chi connectivity index (χ3v) is 2.49. The van der Waals surface area contributed by atoms with Crippen LogP contribution in [0.3, 0.4) is 0 Å². The fourth-order valence-corrected chi connectivity index (χ4v) is 1.67. The van der Waals surface area contributed by atoms with Crippen LogP contribution in [0.1, 0.15) is 20.7 Å². The average Bonchev–Trinajstić information content (AvgIpc) is 2.43. The van der Waals surface area contributed by atoms with Gasteiger partial charge in [0.15, 0.2) is 11.5 Å². The summed E-state index contributed by atoms with van der Waals surface area (Å²) in [4.78, 5) is 33.8. The summed E-state index contributed by atoms with van der Waals surface area (Å²) in [5, 5.41) is 18.0. The summed E-state index contributed by atoms with van der Waals surface area (Å²) in [6, 6.07) is 1.18. The largest absolute Gasteiger partial charge is 0.496 e. The van der Waals surface area contributed by atoms with E-state index in [1.165, 1.54) is 27.4 Å². The lowest BCUT2D eigenvalue weighted by Crippen LogP contribution is -2.19. The maximum absolute atomic E-state index is 11.7. The highest BCUT2D eigenvalue weighted by Crippen LogP contribution is 2.39. The first-order valence-corrected chi connectivity index (χ1v) is 5.22. The van der Waals surface area contributed by atoms with Gasteiger partial charge in [0.1, 0.15) is 11.3 Å². The number of carboxylic acid groups (broad SMARTS) is 2. The van der Waals surface area contributed by atoms with Crippen molar-refractivity contribution in [2.75, 3.05) is 21.3 Å². The van der Waals surface area contributed by atoms with Crippen LogP contribution in [0.2, 0.25) is 0 Å². The second-order valence-electron chi connectivity index (χ2n) is 3.50. The minimum Gasteiger partial charge on any atom is -0.496 e. The molecule has 0 unspecified atom stereocenters. The highest BCUT2D eigenvalue weighted by atomic mass is 16.5. The number of hydrogen-bond donors (Lipinski definition) is 2. The second kappa shape index (κ2) is 5.91. The molecule has 0 atom stereocenters. The minimum absolute atomic E-state index is 0.00342. The van der Waals surface area contributed by atoms with E-state index in [-0.39, 0.29) is 17.2 Å². The molecule has 0 spiro atoms. The summed E-state index contributed by atoms with van der Waals surface area (Å²) in [6.07, 6.45) is 0. The summed E-state index contributed by atoms with van der Waals surface area (Å²) in [5.74, 6) is -5.25. The van der Waals surface area contributed by atoms with Gasteiger partial charge in [-0.2, -0.15) is 0 Å². The molecule has 0 saturated carbocycles. The number of benzene rings is 1. The fourth-order valence-electron chi connectivity index (χ4n) is 1.67. The molecule has 0 bridgehead atoms. The Kier molecular flexibility index (Phi) is 4.52. The Morgan fingerprint density at radius 1 is 0.900 bits per heavy atom. The van der Waals surface area contributed by atoms with E-state index < -0.39 is 28.8 Å². The third-order valence-electron chi connectivity index (χ3n) is 2.49. The molecular weight excluding hydrogens is 272 g/mol. The van der Waals surface area contributed by atoms with Gasteiger partial charge < -0.3 is 24.4 Å². The number of aliphatic carboxylic acids is 1. The van der Waals surface area contributed by atoms with Crippen LogP contribution < -0.4 is 14.2 Å². The number of carbonyl (C=O) groups is 3. The van der Waals surface area contributed by atoms with Crippen LogP contribution in [0, 0.1) is 0 Å². The molecule has 2 N–H and O–H groups in total. The van der Waals surface area contributed by atoms with Crippen LogP contribution in [0.25, 0.3) is 0 Å². The Morgan fingerprint density at radius 2 is 1.45 bits per heavy atom. The van der Waals surface area contributed by atoms with E-state index in [0.717, 1.165) is 0 Å². The predicted molar refractivity (Wildman–Crippen MR) is 65.0 cm³/mol. The molecule has 0 fully saturated rings. The lowest BCUT2D eigenvalue weighted by molar-refractivity contribution is -0.131. The Labute approximate surface area is 113 Å². The van der Waals surface area contributed by atoms with Crippen LogP contribution in [-0.4, -0.2) is 49.3 Å². The second-order valence-corrected chi connectivity index (χ2v) is 3.50. The number of methoxy groups -OCH3 is 3. The van der Waals surface area contributed by atoms with Crippen molar-refractivity contribution < 1.29 is 38.8 Å². The van der Waals surface area contributed by atoms with Gasteiger partial charge in [-0.1, -0.05) is 0 Å². The molecule has 0 aromatic heterocycles. The van der Waals surface area contributed by atoms with Crippen molar-refractivity contribution in [3.8, 4) is 17.2 Å². The summed E-state index contributed by atoms with van der Waals surface area (Å²) in [6.45, 7) is 0. The smallest absolute Gasteiger partial charge is 0.377 e. The van der Waals surface area contributed by atoms with Crippen molar-refractivity contribution in [2.24, 2.45) is 0 Å². The van der Waals surface area contributed by atoms with E-state index >= 15 is 0 Å². The van der Waals surface area contributed by atoms with E-state index in [1.54, 1.807) is 0 Å². The number of ether oxygens (including phenoxy) is 3. The van der Waals surface area contributed by atoms with Crippen molar-refractivity contribution in [1.82, 2.24) is 0 Å². The molecule has 1 rings (SSSR count). The van der Waals surface area contributed by atoms with Crippen LogP contribution in [0.4, 0.5) is 0 Å². The van der Waals surface area contributed by atoms with Crippen LogP contribution in [0.15, 0.2) is 6.07 Å². The van der Waals surface area contributed by atoms with E-state index in [0.29, 0.717) is 0 Å². The van der Waals surface area contributed by atoms with E-state index in [1.807, 2.05) is 0 Å². The van der Waals surface area contributed by atoms with Gasteiger partial charge in [0.05, 0.1) is 26.9 Å². The highest BCUT2D eigenvalue weighted by molar-refractivity contribution is 6.42.